The molecule has 0 aliphatic heterocycles. The summed E-state index contributed by atoms with van der Waals surface area (Å²) in [5, 5.41) is 3.83. The Morgan fingerprint density at radius 2 is 1.64 bits per heavy atom. The molecular weight excluding hydrogens is 474 g/mol. The summed E-state index contributed by atoms with van der Waals surface area (Å²) in [5.74, 6) is 0. The second-order valence-electron chi connectivity index (χ2n) is 10.6. The molecule has 0 fully saturated rings. The van der Waals surface area contributed by atoms with Gasteiger partial charge in [0.15, 0.2) is 0 Å². The van der Waals surface area contributed by atoms with Gasteiger partial charge in [-0.15, -0.1) is 0 Å². The van der Waals surface area contributed by atoms with Crippen molar-refractivity contribution in [1.82, 2.24) is 14.4 Å². The van der Waals surface area contributed by atoms with Crippen LogP contribution in [0.15, 0.2) is 109 Å². The van der Waals surface area contributed by atoms with Crippen molar-refractivity contribution in [3.05, 3.63) is 126 Å². The summed E-state index contributed by atoms with van der Waals surface area (Å²) in [4.78, 5) is 10.2. The first-order valence-corrected chi connectivity index (χ1v) is 13.5. The van der Waals surface area contributed by atoms with Gasteiger partial charge >= 0.3 is 0 Å². The van der Waals surface area contributed by atoms with Gasteiger partial charge in [-0.2, -0.15) is 0 Å². The van der Waals surface area contributed by atoms with Crippen LogP contribution in [0.2, 0.25) is 0 Å². The van der Waals surface area contributed by atoms with E-state index in [0.29, 0.717) is 0 Å². The molecule has 0 bridgehead atoms. The average Bonchev–Trinajstić information content (AvgIpc) is 3.40. The van der Waals surface area contributed by atoms with E-state index in [1.807, 2.05) is 6.07 Å². The van der Waals surface area contributed by atoms with Gasteiger partial charge in [0.1, 0.15) is 11.2 Å². The van der Waals surface area contributed by atoms with Crippen LogP contribution in [0.5, 0.6) is 0 Å². The molecule has 2 aliphatic rings. The Morgan fingerprint density at radius 3 is 2.64 bits per heavy atom. The molecule has 0 spiro atoms. The minimum absolute atomic E-state index is 0.934. The molecule has 3 heteroatoms. The van der Waals surface area contributed by atoms with Crippen LogP contribution in [-0.4, -0.2) is 14.4 Å². The molecule has 0 amide bonds. The van der Waals surface area contributed by atoms with E-state index in [9.17, 15) is 0 Å². The van der Waals surface area contributed by atoms with Crippen molar-refractivity contribution in [3.8, 4) is 22.4 Å². The summed E-state index contributed by atoms with van der Waals surface area (Å²) in [7, 11) is 0. The van der Waals surface area contributed by atoms with Crippen molar-refractivity contribution in [3.63, 3.8) is 0 Å². The number of para-hydroxylation sites is 1. The van der Waals surface area contributed by atoms with Gasteiger partial charge in [-0.3, -0.25) is 4.40 Å². The van der Waals surface area contributed by atoms with Crippen LogP contribution < -0.4 is 0 Å². The van der Waals surface area contributed by atoms with Crippen molar-refractivity contribution in [2.75, 3.05) is 0 Å². The van der Waals surface area contributed by atoms with Crippen LogP contribution in [0, 0.1) is 0 Å². The Balaban J connectivity index is 1.31. The van der Waals surface area contributed by atoms with Crippen molar-refractivity contribution >= 4 is 50.0 Å². The minimum atomic E-state index is 0.934. The summed E-state index contributed by atoms with van der Waals surface area (Å²) in [6.07, 6.45) is 11.1. The molecule has 0 N–H and O–H groups in total. The van der Waals surface area contributed by atoms with Crippen LogP contribution in [0.25, 0.3) is 72.4 Å². The fraction of sp³-hybridized carbons (Fsp3) is 0.0556. The van der Waals surface area contributed by atoms with Gasteiger partial charge in [-0.1, -0.05) is 85.0 Å². The van der Waals surface area contributed by atoms with Crippen LogP contribution in [-0.2, 0) is 6.42 Å². The second kappa shape index (κ2) is 7.75. The van der Waals surface area contributed by atoms with Crippen LogP contribution in [0.3, 0.4) is 0 Å². The molecule has 39 heavy (non-hydrogen) atoms. The first-order valence-electron chi connectivity index (χ1n) is 13.5. The highest BCUT2D eigenvalue weighted by Gasteiger charge is 2.22. The number of pyridine rings is 2. The molecular formula is C36H23N3. The minimum Gasteiger partial charge on any atom is -0.298 e. The Hall–Kier alpha value is -5.02. The number of rotatable bonds is 2. The lowest BCUT2D eigenvalue weighted by Crippen LogP contribution is -2.04. The highest BCUT2D eigenvalue weighted by Crippen LogP contribution is 2.44. The fourth-order valence-corrected chi connectivity index (χ4v) is 6.69. The second-order valence-corrected chi connectivity index (χ2v) is 10.6. The van der Waals surface area contributed by atoms with Gasteiger partial charge in [-0.25, -0.2) is 9.97 Å². The summed E-state index contributed by atoms with van der Waals surface area (Å²) in [6, 6.07) is 32.5. The zero-order chi connectivity index (χ0) is 25.5. The molecule has 0 radical (unpaired) electrons. The number of allylic oxidation sites excluding steroid dienone is 3. The maximum Gasteiger partial charge on any atom is 0.137 e. The van der Waals surface area contributed by atoms with E-state index in [2.05, 4.69) is 114 Å². The van der Waals surface area contributed by atoms with E-state index in [0.717, 1.165) is 51.7 Å². The van der Waals surface area contributed by atoms with Crippen molar-refractivity contribution in [2.24, 2.45) is 0 Å². The molecule has 9 rings (SSSR count). The zero-order valence-electron chi connectivity index (χ0n) is 21.2. The number of benzene rings is 4. The van der Waals surface area contributed by atoms with Gasteiger partial charge in [0, 0.05) is 17.1 Å². The van der Waals surface area contributed by atoms with Gasteiger partial charge in [0.2, 0.25) is 0 Å². The van der Waals surface area contributed by atoms with Crippen molar-refractivity contribution in [2.45, 2.75) is 12.8 Å². The molecule has 0 unspecified atom stereocenters. The Labute approximate surface area is 225 Å². The molecule has 3 aromatic heterocycles. The molecule has 7 aromatic rings. The Bertz CT molecular complexity index is 2230. The summed E-state index contributed by atoms with van der Waals surface area (Å²) < 4.78 is 2.17. The van der Waals surface area contributed by atoms with Gasteiger partial charge in [0.05, 0.1) is 16.7 Å². The molecule has 2 aliphatic carbocycles. The number of fused-ring (bicyclic) bond motifs is 5. The van der Waals surface area contributed by atoms with E-state index in [1.54, 1.807) is 0 Å². The monoisotopic (exact) mass is 497 g/mol. The van der Waals surface area contributed by atoms with Gasteiger partial charge < -0.3 is 0 Å². The van der Waals surface area contributed by atoms with Crippen LogP contribution >= 0.6 is 0 Å². The quantitative estimate of drug-likeness (QED) is 0.239. The first kappa shape index (κ1) is 21.0. The lowest BCUT2D eigenvalue weighted by Gasteiger charge is -2.25. The maximum atomic E-state index is 5.21. The zero-order valence-corrected chi connectivity index (χ0v) is 21.2. The van der Waals surface area contributed by atoms with E-state index in [1.165, 1.54) is 44.2 Å². The standard InChI is InChI=1S/C36H23N3/c1-2-12-30-29(11-1)35-36(39-20-4-3-13-31(39)38-35)34(37-30)26-10-6-9-25(21-26)27-18-16-24-15-14-22-7-5-8-23-17-19-28(27)33(24)32(22)23/h1-7,9-18,20-21H,8,19H2. The molecule has 0 saturated carbocycles. The number of aromatic nitrogens is 3. The number of hydrogen-bond donors (Lipinski definition) is 0. The third-order valence-electron chi connectivity index (χ3n) is 8.43. The SMILES string of the molecule is C1=Cc2ccc3ccc(-c4cccc(-c5nc6ccccc6c6nc7ccccn7c56)c4)c4c3c2C(=CC4)C1. The van der Waals surface area contributed by atoms with E-state index in [4.69, 9.17) is 9.97 Å². The molecule has 3 nitrogen and oxygen atoms in total. The molecule has 0 atom stereocenters. The number of imidazole rings is 1. The Kier molecular flexibility index (Phi) is 4.17. The predicted molar refractivity (Wildman–Crippen MR) is 162 cm³/mol. The molecule has 4 aromatic carbocycles. The topological polar surface area (TPSA) is 30.2 Å². The van der Waals surface area contributed by atoms with Crippen LogP contribution in [0.1, 0.15) is 23.1 Å². The van der Waals surface area contributed by atoms with Crippen molar-refractivity contribution < 1.29 is 0 Å². The number of hydrogen-bond acceptors (Lipinski definition) is 2. The highest BCUT2D eigenvalue weighted by atomic mass is 15.0. The summed E-state index contributed by atoms with van der Waals surface area (Å²) in [5.41, 5.74) is 14.2. The fourth-order valence-electron chi connectivity index (χ4n) is 6.69. The first-order chi connectivity index (χ1) is 19.3. The van der Waals surface area contributed by atoms with Crippen LogP contribution in [0.4, 0.5) is 0 Å². The summed E-state index contributed by atoms with van der Waals surface area (Å²) in [6.45, 7) is 0. The molecule has 0 saturated heterocycles. The van der Waals surface area contributed by atoms with Gasteiger partial charge in [-0.05, 0) is 81.3 Å². The number of nitrogens with zero attached hydrogens (tertiary/aromatic N) is 3. The molecule has 3 heterocycles. The predicted octanol–water partition coefficient (Wildman–Crippen LogP) is 8.88. The van der Waals surface area contributed by atoms with E-state index < -0.39 is 0 Å². The third kappa shape index (κ3) is 2.93. The maximum absolute atomic E-state index is 5.21. The largest absolute Gasteiger partial charge is 0.298 e. The van der Waals surface area contributed by atoms with E-state index in [-0.39, 0.29) is 0 Å². The summed E-state index contributed by atoms with van der Waals surface area (Å²) >= 11 is 0. The van der Waals surface area contributed by atoms with Crippen molar-refractivity contribution in [1.29, 1.82) is 0 Å². The smallest absolute Gasteiger partial charge is 0.137 e. The lowest BCUT2D eigenvalue weighted by molar-refractivity contribution is 1.22. The third-order valence-corrected chi connectivity index (χ3v) is 8.43. The van der Waals surface area contributed by atoms with E-state index >= 15 is 0 Å². The van der Waals surface area contributed by atoms with Gasteiger partial charge in [0.25, 0.3) is 0 Å². The Morgan fingerprint density at radius 1 is 0.744 bits per heavy atom. The molecule has 182 valence electrons. The highest BCUT2D eigenvalue weighted by molar-refractivity contribution is 6.09. The normalized spacial score (nSPS) is 14.0. The lowest BCUT2D eigenvalue weighted by atomic mass is 9.79. The average molecular weight is 498 g/mol.